The van der Waals surface area contributed by atoms with Gasteiger partial charge in [0, 0.05) is 92.3 Å². The predicted octanol–water partition coefficient (Wildman–Crippen LogP) is 4.57. The van der Waals surface area contributed by atoms with Crippen molar-refractivity contribution in [2.75, 3.05) is 98.9 Å². The fourth-order valence-corrected chi connectivity index (χ4v) is 12.5. The molecule has 0 rings (SSSR count). The highest BCUT2D eigenvalue weighted by atomic mass is 32.2. The van der Waals surface area contributed by atoms with Crippen molar-refractivity contribution in [1.29, 1.82) is 0 Å². The van der Waals surface area contributed by atoms with Crippen LogP contribution in [0.25, 0.3) is 0 Å². The topological polar surface area (TPSA) is 108 Å². The first kappa shape index (κ1) is 38.9. The third-order valence-electron chi connectivity index (χ3n) is 3.52. The fraction of sp³-hybridized carbons (Fsp3) is 0.850. The quantitative estimate of drug-likeness (QED) is 0.0541. The molecule has 17 heteroatoms. The molecule has 7 nitrogen and oxygen atoms in total. The number of aliphatic imine (C=N–C) groups is 2. The maximum atomic E-state index is 11.9. The minimum atomic E-state index is -1.00. The van der Waals surface area contributed by atoms with Gasteiger partial charge in [0.25, 0.3) is 5.24 Å². The average molecular weight is 706 g/mol. The van der Waals surface area contributed by atoms with E-state index in [1.807, 2.05) is 58.8 Å². The van der Waals surface area contributed by atoms with Crippen LogP contribution in [0.2, 0.25) is 0 Å². The summed E-state index contributed by atoms with van der Waals surface area (Å²) in [5, 5.41) is 15.8. The number of nitrogens with one attached hydrogen (secondary N) is 1. The van der Waals surface area contributed by atoms with Crippen LogP contribution in [0.4, 0.5) is 4.79 Å². The Morgan fingerprint density at radius 1 is 0.757 bits per heavy atom. The molecule has 0 aromatic carbocycles. The predicted molar refractivity (Wildman–Crippen MR) is 189 cm³/mol. The van der Waals surface area contributed by atoms with Crippen molar-refractivity contribution in [2.24, 2.45) is 9.98 Å². The molecule has 1 amide bonds. The number of nitrogens with zero attached hydrogens (tertiary/aromatic N) is 2. The number of carbonyl (C=O) groups excluding carboxylic acids is 1. The van der Waals surface area contributed by atoms with Gasteiger partial charge in [0.1, 0.15) is 0 Å². The maximum absolute atomic E-state index is 11.9. The van der Waals surface area contributed by atoms with Crippen LogP contribution in [-0.2, 0) is 21.6 Å². The number of rotatable bonds is 27. The normalized spacial score (nSPS) is 13.5. The summed E-state index contributed by atoms with van der Waals surface area (Å²) in [5.41, 5.74) is 3.05. The van der Waals surface area contributed by atoms with Crippen molar-refractivity contribution in [3.63, 3.8) is 0 Å². The van der Waals surface area contributed by atoms with Gasteiger partial charge in [0.2, 0.25) is 0 Å². The molecule has 2 atom stereocenters. The number of hydrogen-bond acceptors (Lipinski definition) is 14. The molecular weight excluding hydrogens is 667 g/mol. The smallest absolute Gasteiger partial charge is 0.279 e. The third-order valence-corrected chi connectivity index (χ3v) is 15.4. The van der Waals surface area contributed by atoms with Crippen molar-refractivity contribution in [2.45, 2.75) is 0 Å². The number of thioether (sulfide) groups is 8. The highest BCUT2D eigenvalue weighted by Crippen LogP contribution is 2.19. The van der Waals surface area contributed by atoms with Crippen molar-refractivity contribution in [3.05, 3.63) is 0 Å². The second-order valence-electron chi connectivity index (χ2n) is 6.46. The summed E-state index contributed by atoms with van der Waals surface area (Å²) in [6.07, 6.45) is 0. The molecule has 0 heterocycles. The fourth-order valence-electron chi connectivity index (χ4n) is 1.93. The van der Waals surface area contributed by atoms with E-state index in [1.54, 1.807) is 36.1 Å². The summed E-state index contributed by atoms with van der Waals surface area (Å²) in [7, 11) is -0.296. The zero-order valence-corrected chi connectivity index (χ0v) is 29.3. The second kappa shape index (κ2) is 32.4. The molecule has 0 saturated heterocycles. The molecule has 0 bridgehead atoms. The highest BCUT2D eigenvalue weighted by Gasteiger charge is 2.02. The summed E-state index contributed by atoms with van der Waals surface area (Å²) in [6.45, 7) is 1.55. The van der Waals surface area contributed by atoms with Crippen LogP contribution in [0, 0.1) is 0 Å². The van der Waals surface area contributed by atoms with Crippen LogP contribution in [0.1, 0.15) is 0 Å². The van der Waals surface area contributed by atoms with Gasteiger partial charge < -0.3 is 10.4 Å². The van der Waals surface area contributed by atoms with E-state index in [1.165, 1.54) is 17.3 Å². The van der Waals surface area contributed by atoms with Gasteiger partial charge in [0.15, 0.2) is 0 Å². The summed E-state index contributed by atoms with van der Waals surface area (Å²) >= 11 is 14.0. The van der Waals surface area contributed by atoms with Crippen molar-refractivity contribution < 1.29 is 18.3 Å². The Kier molecular flexibility index (Phi) is 34.0. The van der Waals surface area contributed by atoms with Crippen molar-refractivity contribution in [3.8, 4) is 0 Å². The van der Waals surface area contributed by atoms with Gasteiger partial charge in [-0.15, -0.1) is 47.0 Å². The summed E-state index contributed by atoms with van der Waals surface area (Å²) in [6, 6.07) is 0. The van der Waals surface area contributed by atoms with Crippen LogP contribution in [-0.4, -0.2) is 129 Å². The van der Waals surface area contributed by atoms with E-state index in [2.05, 4.69) is 15.3 Å². The molecule has 0 aromatic rings. The maximum Gasteiger partial charge on any atom is 0.279 e. The third kappa shape index (κ3) is 32.2. The molecule has 0 spiro atoms. The number of carbonyl (C=O) groups is 1. The minimum Gasteiger partial charge on any atom is -0.396 e. The number of aliphatic hydroxyl groups is 1. The lowest BCUT2D eigenvalue weighted by Gasteiger charge is -2.05. The lowest BCUT2D eigenvalue weighted by Crippen LogP contribution is -2.22. The zero-order chi connectivity index (χ0) is 27.2. The van der Waals surface area contributed by atoms with Gasteiger partial charge in [-0.2, -0.15) is 35.3 Å². The number of aliphatic hydroxyl groups excluding tert-OH is 1. The van der Waals surface area contributed by atoms with E-state index in [0.29, 0.717) is 30.3 Å². The van der Waals surface area contributed by atoms with Crippen molar-refractivity contribution in [1.82, 2.24) is 5.32 Å². The van der Waals surface area contributed by atoms with Gasteiger partial charge >= 0.3 is 0 Å². The van der Waals surface area contributed by atoms with E-state index in [9.17, 15) is 13.2 Å². The lowest BCUT2D eigenvalue weighted by molar-refractivity contribution is 0.261. The average Bonchev–Trinajstić information content (AvgIpc) is 2.88. The van der Waals surface area contributed by atoms with Gasteiger partial charge in [-0.05, 0) is 0 Å². The monoisotopic (exact) mass is 705 g/mol. The van der Waals surface area contributed by atoms with Crippen molar-refractivity contribution >= 4 is 132 Å². The number of hydrogen-bond donors (Lipinski definition) is 2. The van der Waals surface area contributed by atoms with E-state index in [4.69, 9.17) is 5.11 Å². The Morgan fingerprint density at radius 3 is 2.03 bits per heavy atom. The van der Waals surface area contributed by atoms with Crippen LogP contribution in [0.3, 0.4) is 0 Å². The summed E-state index contributed by atoms with van der Waals surface area (Å²) in [4.78, 5) is 19.9. The Balaban J connectivity index is 3.31. The molecule has 0 radical (unpaired) electrons. The summed E-state index contributed by atoms with van der Waals surface area (Å²) < 4.78 is 23.1. The van der Waals surface area contributed by atoms with Gasteiger partial charge in [-0.3, -0.25) is 23.2 Å². The first-order chi connectivity index (χ1) is 18.1. The first-order valence-corrected chi connectivity index (χ1v) is 23.2. The van der Waals surface area contributed by atoms with Gasteiger partial charge in [-0.25, -0.2) is 0 Å². The van der Waals surface area contributed by atoms with Crippen LogP contribution in [0.15, 0.2) is 9.98 Å². The van der Waals surface area contributed by atoms with Crippen LogP contribution >= 0.6 is 94.1 Å². The standard InChI is InChI=1S/C20H39N3O4S10/c1-21-14-36(26)13-11-32-19-34-18-31-8-9-35-20(25)23-3-6-30-17-33-16-29-5-2-22-15-37(27)12-10-28-7-4-24/h14-15,24H,2-13,16-19H2,1H3,(H,23,25). The SMILES string of the molecule is CN=CS(=O)CCSCSCSCCSC(=O)NCCSCSCSCCN=CS(=O)CCSCCO. The van der Waals surface area contributed by atoms with Crippen LogP contribution in [0.5, 0.6) is 0 Å². The van der Waals surface area contributed by atoms with E-state index < -0.39 is 21.6 Å². The Bertz CT molecular complexity index is 647. The van der Waals surface area contributed by atoms with Gasteiger partial charge in [-0.1, -0.05) is 11.8 Å². The molecule has 2 N–H and O–H groups in total. The molecule has 2 unspecified atom stereocenters. The second-order valence-corrected chi connectivity index (χ2v) is 19.4. The molecule has 0 aromatic heterocycles. The molecule has 0 aliphatic heterocycles. The molecule has 0 fully saturated rings. The molecule has 37 heavy (non-hydrogen) atoms. The largest absolute Gasteiger partial charge is 0.396 e. The first-order valence-electron chi connectivity index (χ1n) is 11.3. The van der Waals surface area contributed by atoms with E-state index in [-0.39, 0.29) is 11.8 Å². The molecule has 218 valence electrons. The molecular formula is C20H39N3O4S10. The summed E-state index contributed by atoms with van der Waals surface area (Å²) in [5.74, 6) is 7.24. The zero-order valence-electron chi connectivity index (χ0n) is 21.1. The highest BCUT2D eigenvalue weighted by molar-refractivity contribution is 8.23. The lowest BCUT2D eigenvalue weighted by atomic mass is 10.8. The minimum absolute atomic E-state index is 0.0571. The molecule has 0 aliphatic rings. The molecule has 0 saturated carbocycles. The Hall–Kier alpha value is 1.87. The number of amides is 1. The van der Waals surface area contributed by atoms with E-state index in [0.717, 1.165) is 54.9 Å². The van der Waals surface area contributed by atoms with E-state index >= 15 is 0 Å². The molecule has 0 aliphatic carbocycles. The Morgan fingerprint density at radius 2 is 1.35 bits per heavy atom. The van der Waals surface area contributed by atoms with Crippen LogP contribution < -0.4 is 5.32 Å². The van der Waals surface area contributed by atoms with Gasteiger partial charge in [0.05, 0.1) is 39.3 Å². The Labute approximate surface area is 262 Å².